The van der Waals surface area contributed by atoms with Crippen LogP contribution in [0.3, 0.4) is 0 Å². The van der Waals surface area contributed by atoms with Gasteiger partial charge in [-0.15, -0.1) is 0 Å². The lowest BCUT2D eigenvalue weighted by Gasteiger charge is -2.58. The minimum atomic E-state index is -0.406. The molecule has 24 heavy (non-hydrogen) atoms. The van der Waals surface area contributed by atoms with Gasteiger partial charge in [0.2, 0.25) is 5.91 Å². The molecule has 2 nitrogen and oxygen atoms in total. The van der Waals surface area contributed by atoms with E-state index in [0.717, 1.165) is 42.6 Å². The smallest absolute Gasteiger partial charge is 0.231 e. The second-order valence-electron chi connectivity index (χ2n) is 9.09. The van der Waals surface area contributed by atoms with E-state index in [1.807, 2.05) is 12.1 Å². The van der Waals surface area contributed by atoms with Crippen molar-refractivity contribution >= 4 is 5.91 Å². The molecule has 128 valence electrons. The van der Waals surface area contributed by atoms with Gasteiger partial charge in [-0.1, -0.05) is 18.6 Å². The van der Waals surface area contributed by atoms with E-state index >= 15 is 0 Å². The average molecular weight is 327 g/mol. The zero-order valence-electron chi connectivity index (χ0n) is 14.2. The lowest BCUT2D eigenvalue weighted by molar-refractivity contribution is -0.135. The standard InChI is InChI=1S/C21H26FNO/c22-18-4-2-17(3-5-18)21(6-1-7-21)19(24)23-20-11-14-8-15(12-20)10-16(9-14)13-20/h2-5,14-16H,1,6-13H2,(H,23,24). The van der Waals surface area contributed by atoms with E-state index in [1.165, 1.54) is 50.7 Å². The van der Waals surface area contributed by atoms with Crippen molar-refractivity contribution in [1.82, 2.24) is 5.32 Å². The zero-order valence-corrected chi connectivity index (χ0v) is 14.2. The Morgan fingerprint density at radius 3 is 1.96 bits per heavy atom. The first-order valence-electron chi connectivity index (χ1n) is 9.66. The summed E-state index contributed by atoms with van der Waals surface area (Å²) in [7, 11) is 0. The van der Waals surface area contributed by atoms with Crippen LogP contribution in [0.4, 0.5) is 4.39 Å². The van der Waals surface area contributed by atoms with E-state index in [4.69, 9.17) is 0 Å². The molecule has 5 saturated carbocycles. The van der Waals surface area contributed by atoms with Gasteiger partial charge in [0, 0.05) is 5.54 Å². The molecule has 5 aliphatic rings. The zero-order chi connectivity index (χ0) is 16.4. The SMILES string of the molecule is O=C(NC12CC3CC(CC(C3)C1)C2)C1(c2ccc(F)cc2)CCC1. The molecule has 0 radical (unpaired) electrons. The highest BCUT2D eigenvalue weighted by Crippen LogP contribution is 2.56. The van der Waals surface area contributed by atoms with Gasteiger partial charge in [0.25, 0.3) is 0 Å². The van der Waals surface area contributed by atoms with Crippen LogP contribution in [0, 0.1) is 23.6 Å². The van der Waals surface area contributed by atoms with Gasteiger partial charge in [-0.2, -0.15) is 0 Å². The van der Waals surface area contributed by atoms with Crippen LogP contribution >= 0.6 is 0 Å². The largest absolute Gasteiger partial charge is 0.350 e. The summed E-state index contributed by atoms with van der Waals surface area (Å²) < 4.78 is 13.3. The highest BCUT2D eigenvalue weighted by Gasteiger charge is 2.54. The van der Waals surface area contributed by atoms with Gasteiger partial charge >= 0.3 is 0 Å². The van der Waals surface area contributed by atoms with Crippen molar-refractivity contribution in [3.8, 4) is 0 Å². The van der Waals surface area contributed by atoms with Crippen LogP contribution in [0.2, 0.25) is 0 Å². The Balaban J connectivity index is 1.40. The summed E-state index contributed by atoms with van der Waals surface area (Å²) in [4.78, 5) is 13.3. The number of amides is 1. The van der Waals surface area contributed by atoms with Crippen molar-refractivity contribution in [1.29, 1.82) is 0 Å². The van der Waals surface area contributed by atoms with Gasteiger partial charge in [-0.3, -0.25) is 4.79 Å². The normalized spacial score (nSPS) is 38.6. The topological polar surface area (TPSA) is 29.1 Å². The van der Waals surface area contributed by atoms with Crippen molar-refractivity contribution in [3.05, 3.63) is 35.6 Å². The maximum absolute atomic E-state index is 13.3. The third-order valence-electron chi connectivity index (χ3n) is 7.46. The predicted octanol–water partition coefficient (Wildman–Crippen LogP) is 4.33. The van der Waals surface area contributed by atoms with Gasteiger partial charge in [-0.25, -0.2) is 4.39 Å². The molecule has 1 N–H and O–H groups in total. The van der Waals surface area contributed by atoms with Gasteiger partial charge < -0.3 is 5.32 Å². The van der Waals surface area contributed by atoms with E-state index in [0.29, 0.717) is 0 Å². The van der Waals surface area contributed by atoms with Crippen LogP contribution in [-0.2, 0) is 10.2 Å². The molecule has 0 atom stereocenters. The van der Waals surface area contributed by atoms with Gasteiger partial charge in [0.1, 0.15) is 5.82 Å². The van der Waals surface area contributed by atoms with Crippen LogP contribution in [0.25, 0.3) is 0 Å². The fourth-order valence-corrected chi connectivity index (χ4v) is 6.57. The summed E-state index contributed by atoms with van der Waals surface area (Å²) in [6.07, 6.45) is 10.6. The fraction of sp³-hybridized carbons (Fsp3) is 0.667. The molecular weight excluding hydrogens is 301 g/mol. The summed E-state index contributed by atoms with van der Waals surface area (Å²) in [5.74, 6) is 2.48. The Kier molecular flexibility index (Phi) is 3.15. The fourth-order valence-electron chi connectivity index (χ4n) is 6.57. The number of hydrogen-bond acceptors (Lipinski definition) is 1. The van der Waals surface area contributed by atoms with E-state index < -0.39 is 5.41 Å². The van der Waals surface area contributed by atoms with Crippen molar-refractivity contribution in [2.24, 2.45) is 17.8 Å². The van der Waals surface area contributed by atoms with Crippen LogP contribution in [0.15, 0.2) is 24.3 Å². The molecule has 0 aromatic heterocycles. The molecule has 1 aromatic carbocycles. The van der Waals surface area contributed by atoms with Crippen LogP contribution in [-0.4, -0.2) is 11.4 Å². The predicted molar refractivity (Wildman–Crippen MR) is 91.0 cm³/mol. The molecule has 0 spiro atoms. The van der Waals surface area contributed by atoms with E-state index in [9.17, 15) is 9.18 Å². The molecule has 5 fully saturated rings. The molecule has 0 aliphatic heterocycles. The highest BCUT2D eigenvalue weighted by molar-refractivity contribution is 5.90. The molecule has 1 aromatic rings. The molecule has 4 bridgehead atoms. The monoisotopic (exact) mass is 327 g/mol. The molecular formula is C21H26FNO. The average Bonchev–Trinajstić information content (AvgIpc) is 2.46. The summed E-state index contributed by atoms with van der Waals surface area (Å²) >= 11 is 0. The van der Waals surface area contributed by atoms with Crippen molar-refractivity contribution in [2.75, 3.05) is 0 Å². The van der Waals surface area contributed by atoms with E-state index in [1.54, 1.807) is 0 Å². The van der Waals surface area contributed by atoms with Crippen molar-refractivity contribution in [2.45, 2.75) is 68.7 Å². The molecule has 0 saturated heterocycles. The third kappa shape index (κ3) is 2.16. The quantitative estimate of drug-likeness (QED) is 0.879. The number of hydrogen-bond donors (Lipinski definition) is 1. The second kappa shape index (κ2) is 5.06. The number of carbonyl (C=O) groups excluding carboxylic acids is 1. The maximum atomic E-state index is 13.3. The van der Waals surface area contributed by atoms with Crippen molar-refractivity contribution < 1.29 is 9.18 Å². The molecule has 1 amide bonds. The summed E-state index contributed by atoms with van der Waals surface area (Å²) in [6, 6.07) is 6.61. The van der Waals surface area contributed by atoms with Gasteiger partial charge in [0.05, 0.1) is 5.41 Å². The van der Waals surface area contributed by atoms with Crippen LogP contribution < -0.4 is 5.32 Å². The minimum Gasteiger partial charge on any atom is -0.350 e. The first-order chi connectivity index (χ1) is 11.6. The number of halogens is 1. The lowest BCUT2D eigenvalue weighted by atomic mass is 9.52. The Hall–Kier alpha value is -1.38. The van der Waals surface area contributed by atoms with Crippen LogP contribution in [0.5, 0.6) is 0 Å². The van der Waals surface area contributed by atoms with E-state index in [-0.39, 0.29) is 17.3 Å². The summed E-state index contributed by atoms with van der Waals surface area (Å²) in [5, 5.41) is 3.55. The first-order valence-corrected chi connectivity index (χ1v) is 9.66. The third-order valence-corrected chi connectivity index (χ3v) is 7.46. The van der Waals surface area contributed by atoms with E-state index in [2.05, 4.69) is 5.32 Å². The van der Waals surface area contributed by atoms with Gasteiger partial charge in [-0.05, 0) is 86.8 Å². The minimum absolute atomic E-state index is 0.0639. The number of benzene rings is 1. The molecule has 6 rings (SSSR count). The van der Waals surface area contributed by atoms with Crippen LogP contribution in [0.1, 0.15) is 63.4 Å². The highest BCUT2D eigenvalue weighted by atomic mass is 19.1. The molecule has 0 unspecified atom stereocenters. The lowest BCUT2D eigenvalue weighted by Crippen LogP contribution is -2.63. The van der Waals surface area contributed by atoms with Gasteiger partial charge in [0.15, 0.2) is 0 Å². The Morgan fingerprint density at radius 1 is 0.958 bits per heavy atom. The second-order valence-corrected chi connectivity index (χ2v) is 9.09. The van der Waals surface area contributed by atoms with Crippen molar-refractivity contribution in [3.63, 3.8) is 0 Å². The summed E-state index contributed by atoms with van der Waals surface area (Å²) in [5.41, 5.74) is 0.656. The molecule has 0 heterocycles. The number of rotatable bonds is 3. The Bertz CT molecular complexity index is 626. The Labute approximate surface area is 143 Å². The number of carbonyl (C=O) groups is 1. The maximum Gasteiger partial charge on any atom is 0.231 e. The summed E-state index contributed by atoms with van der Waals surface area (Å²) in [6.45, 7) is 0. The molecule has 3 heteroatoms. The molecule has 5 aliphatic carbocycles. The first kappa shape index (κ1) is 14.9. The number of nitrogens with one attached hydrogen (secondary N) is 1. The Morgan fingerprint density at radius 2 is 1.50 bits per heavy atom.